The fourth-order valence-corrected chi connectivity index (χ4v) is 3.23. The summed E-state index contributed by atoms with van der Waals surface area (Å²) in [6, 6.07) is 14.5. The number of carbonyl (C=O) groups excluding carboxylic acids is 1. The molecule has 4 nitrogen and oxygen atoms in total. The number of morpholine rings is 1. The first-order valence-corrected chi connectivity index (χ1v) is 9.22. The molecule has 1 fully saturated rings. The zero-order valence-electron chi connectivity index (χ0n) is 15.5. The molecule has 0 radical (unpaired) electrons. The van der Waals surface area contributed by atoms with E-state index in [0.717, 1.165) is 29.8 Å². The Morgan fingerprint density at radius 1 is 1.22 bits per heavy atom. The van der Waals surface area contributed by atoms with Crippen LogP contribution in [-0.2, 0) is 9.53 Å². The minimum Gasteiger partial charge on any atom is -0.379 e. The molecule has 2 aromatic rings. The topological polar surface area (TPSA) is 41.6 Å². The van der Waals surface area contributed by atoms with Crippen LogP contribution in [-0.4, -0.2) is 43.7 Å². The van der Waals surface area contributed by atoms with Gasteiger partial charge in [0, 0.05) is 25.7 Å². The maximum absolute atomic E-state index is 13.3. The van der Waals surface area contributed by atoms with Gasteiger partial charge in [-0.15, -0.1) is 0 Å². The lowest BCUT2D eigenvalue weighted by Gasteiger charge is -2.34. The molecule has 1 atom stereocenters. The van der Waals surface area contributed by atoms with Crippen molar-refractivity contribution in [2.45, 2.75) is 13.0 Å². The number of nitrogens with one attached hydrogen (secondary N) is 1. The van der Waals surface area contributed by atoms with Crippen LogP contribution in [0.2, 0.25) is 0 Å². The van der Waals surface area contributed by atoms with Gasteiger partial charge in [0.1, 0.15) is 5.82 Å². The lowest BCUT2D eigenvalue weighted by molar-refractivity contribution is -0.116. The highest BCUT2D eigenvalue weighted by molar-refractivity contribution is 5.91. The quantitative estimate of drug-likeness (QED) is 0.795. The van der Waals surface area contributed by atoms with E-state index in [0.29, 0.717) is 19.8 Å². The van der Waals surface area contributed by atoms with Crippen LogP contribution in [0.4, 0.5) is 4.39 Å². The highest BCUT2D eigenvalue weighted by Crippen LogP contribution is 2.21. The maximum Gasteiger partial charge on any atom is 0.244 e. The van der Waals surface area contributed by atoms with Crippen molar-refractivity contribution in [1.82, 2.24) is 10.2 Å². The van der Waals surface area contributed by atoms with Gasteiger partial charge in [-0.2, -0.15) is 0 Å². The molecule has 0 spiro atoms. The van der Waals surface area contributed by atoms with Crippen LogP contribution < -0.4 is 5.32 Å². The van der Waals surface area contributed by atoms with Crippen LogP contribution in [0.25, 0.3) is 6.08 Å². The van der Waals surface area contributed by atoms with E-state index in [1.807, 2.05) is 37.3 Å². The molecule has 1 aliphatic rings. The highest BCUT2D eigenvalue weighted by Gasteiger charge is 2.23. The Hall–Kier alpha value is -2.50. The van der Waals surface area contributed by atoms with Crippen LogP contribution in [0.1, 0.15) is 22.7 Å². The fourth-order valence-electron chi connectivity index (χ4n) is 3.23. The second-order valence-electron chi connectivity index (χ2n) is 6.71. The molecule has 3 rings (SSSR count). The molecule has 1 aliphatic heterocycles. The number of aryl methyl sites for hydroxylation is 1. The molecule has 1 unspecified atom stereocenters. The SMILES string of the molecule is Cc1cccc(/C=C/C(=O)NCC(c2ccc(F)cc2)N2CCOCC2)c1. The molecule has 0 saturated carbocycles. The second kappa shape index (κ2) is 9.44. The Bertz CT molecular complexity index is 783. The third kappa shape index (κ3) is 5.74. The molecule has 1 N–H and O–H groups in total. The Morgan fingerprint density at radius 2 is 1.96 bits per heavy atom. The molecule has 0 bridgehead atoms. The largest absolute Gasteiger partial charge is 0.379 e. The molecule has 5 heteroatoms. The van der Waals surface area contributed by atoms with E-state index in [9.17, 15) is 9.18 Å². The van der Waals surface area contributed by atoms with Gasteiger partial charge in [0.2, 0.25) is 5.91 Å². The first-order valence-electron chi connectivity index (χ1n) is 9.22. The summed E-state index contributed by atoms with van der Waals surface area (Å²) in [5.74, 6) is -0.401. The minimum atomic E-state index is -0.260. The van der Waals surface area contributed by atoms with Crippen molar-refractivity contribution >= 4 is 12.0 Å². The Kier molecular flexibility index (Phi) is 6.74. The number of rotatable bonds is 6. The molecule has 1 heterocycles. The zero-order valence-corrected chi connectivity index (χ0v) is 15.5. The van der Waals surface area contributed by atoms with Gasteiger partial charge in [-0.3, -0.25) is 9.69 Å². The van der Waals surface area contributed by atoms with Gasteiger partial charge in [0.15, 0.2) is 0 Å². The van der Waals surface area contributed by atoms with Crippen molar-refractivity contribution in [3.8, 4) is 0 Å². The number of amides is 1. The van der Waals surface area contributed by atoms with Gasteiger partial charge in [-0.25, -0.2) is 4.39 Å². The van der Waals surface area contributed by atoms with E-state index < -0.39 is 0 Å². The van der Waals surface area contributed by atoms with Crippen LogP contribution in [0.3, 0.4) is 0 Å². The maximum atomic E-state index is 13.3. The highest BCUT2D eigenvalue weighted by atomic mass is 19.1. The molecule has 27 heavy (non-hydrogen) atoms. The molecule has 1 amide bonds. The summed E-state index contributed by atoms with van der Waals surface area (Å²) in [6.45, 7) is 5.39. The molecular weight excluding hydrogens is 343 g/mol. The molecule has 0 aromatic heterocycles. The average Bonchev–Trinajstić information content (AvgIpc) is 2.69. The average molecular weight is 368 g/mol. The number of nitrogens with zero attached hydrogens (tertiary/aromatic N) is 1. The number of carbonyl (C=O) groups is 1. The number of hydrogen-bond donors (Lipinski definition) is 1. The summed E-state index contributed by atoms with van der Waals surface area (Å²) in [5, 5.41) is 2.98. The summed E-state index contributed by atoms with van der Waals surface area (Å²) in [4.78, 5) is 14.5. The van der Waals surface area contributed by atoms with Crippen molar-refractivity contribution in [2.24, 2.45) is 0 Å². The molecule has 1 saturated heterocycles. The molecule has 0 aliphatic carbocycles. The number of benzene rings is 2. The molecule has 2 aromatic carbocycles. The lowest BCUT2D eigenvalue weighted by Crippen LogP contribution is -2.43. The third-order valence-electron chi connectivity index (χ3n) is 4.68. The zero-order chi connectivity index (χ0) is 19.1. The smallest absolute Gasteiger partial charge is 0.244 e. The van der Waals surface area contributed by atoms with E-state index in [4.69, 9.17) is 4.74 Å². The summed E-state index contributed by atoms with van der Waals surface area (Å²) < 4.78 is 18.7. The molecular formula is C22H25FN2O2. The second-order valence-corrected chi connectivity index (χ2v) is 6.71. The van der Waals surface area contributed by atoms with Crippen LogP contribution in [0.5, 0.6) is 0 Å². The van der Waals surface area contributed by atoms with Crippen molar-refractivity contribution in [3.63, 3.8) is 0 Å². The van der Waals surface area contributed by atoms with E-state index in [-0.39, 0.29) is 17.8 Å². The third-order valence-corrected chi connectivity index (χ3v) is 4.68. The first kappa shape index (κ1) is 19.3. The lowest BCUT2D eigenvalue weighted by atomic mass is 10.0. The predicted octanol–water partition coefficient (Wildman–Crippen LogP) is 3.34. The first-order chi connectivity index (χ1) is 13.1. The Morgan fingerprint density at radius 3 is 2.67 bits per heavy atom. The summed E-state index contributed by atoms with van der Waals surface area (Å²) in [5.41, 5.74) is 3.14. The van der Waals surface area contributed by atoms with E-state index in [2.05, 4.69) is 10.2 Å². The van der Waals surface area contributed by atoms with Crippen LogP contribution in [0, 0.1) is 12.7 Å². The van der Waals surface area contributed by atoms with Crippen molar-refractivity contribution in [2.75, 3.05) is 32.8 Å². The standard InChI is InChI=1S/C22H25FN2O2/c1-17-3-2-4-18(15-17)5-10-22(26)24-16-21(25-11-13-27-14-12-25)19-6-8-20(23)9-7-19/h2-10,15,21H,11-14,16H2,1H3,(H,24,26)/b10-5+. The van der Waals surface area contributed by atoms with Crippen molar-refractivity contribution < 1.29 is 13.9 Å². The normalized spacial score (nSPS) is 16.4. The van der Waals surface area contributed by atoms with Crippen LogP contribution in [0.15, 0.2) is 54.6 Å². The molecule has 142 valence electrons. The Balaban J connectivity index is 1.64. The van der Waals surface area contributed by atoms with Gasteiger partial charge in [0.25, 0.3) is 0 Å². The van der Waals surface area contributed by atoms with Crippen molar-refractivity contribution in [1.29, 1.82) is 0 Å². The minimum absolute atomic E-state index is 0.00850. The van der Waals surface area contributed by atoms with Gasteiger partial charge in [-0.1, -0.05) is 42.0 Å². The van der Waals surface area contributed by atoms with Gasteiger partial charge >= 0.3 is 0 Å². The predicted molar refractivity (Wildman–Crippen MR) is 105 cm³/mol. The fraction of sp³-hybridized carbons (Fsp3) is 0.318. The number of halogens is 1. The number of hydrogen-bond acceptors (Lipinski definition) is 3. The van der Waals surface area contributed by atoms with Gasteiger partial charge in [0.05, 0.1) is 19.3 Å². The summed E-state index contributed by atoms with van der Waals surface area (Å²) in [6.07, 6.45) is 3.36. The van der Waals surface area contributed by atoms with E-state index in [1.54, 1.807) is 18.2 Å². The van der Waals surface area contributed by atoms with E-state index in [1.165, 1.54) is 12.1 Å². The summed E-state index contributed by atoms with van der Waals surface area (Å²) in [7, 11) is 0. The van der Waals surface area contributed by atoms with Crippen LogP contribution >= 0.6 is 0 Å². The monoisotopic (exact) mass is 368 g/mol. The van der Waals surface area contributed by atoms with Crippen molar-refractivity contribution in [3.05, 3.63) is 77.1 Å². The van der Waals surface area contributed by atoms with Gasteiger partial charge < -0.3 is 10.1 Å². The van der Waals surface area contributed by atoms with E-state index >= 15 is 0 Å². The summed E-state index contributed by atoms with van der Waals surface area (Å²) >= 11 is 0. The van der Waals surface area contributed by atoms with Gasteiger partial charge in [-0.05, 0) is 36.3 Å². The Labute approximate surface area is 159 Å². The number of ether oxygens (including phenoxy) is 1.